The Balaban J connectivity index is 2.12. The number of sulfone groups is 1. The Hall–Kier alpha value is -1.50. The van der Waals surface area contributed by atoms with E-state index in [4.69, 9.17) is 0 Å². The van der Waals surface area contributed by atoms with Crippen LogP contribution in [0, 0.1) is 11.6 Å². The highest BCUT2D eigenvalue weighted by Crippen LogP contribution is 2.39. The number of rotatable bonds is 5. The van der Waals surface area contributed by atoms with Crippen molar-refractivity contribution in [1.29, 1.82) is 0 Å². The molecule has 0 saturated carbocycles. The van der Waals surface area contributed by atoms with Gasteiger partial charge in [0.1, 0.15) is 11.6 Å². The number of benzene rings is 1. The van der Waals surface area contributed by atoms with Crippen molar-refractivity contribution in [2.24, 2.45) is 0 Å². The van der Waals surface area contributed by atoms with E-state index in [-0.39, 0.29) is 36.6 Å². The van der Waals surface area contributed by atoms with E-state index in [2.05, 4.69) is 5.32 Å². The summed E-state index contributed by atoms with van der Waals surface area (Å²) >= 11 is 0. The van der Waals surface area contributed by atoms with Gasteiger partial charge in [-0.05, 0) is 36.5 Å². The molecule has 1 atom stereocenters. The highest BCUT2D eigenvalue weighted by Gasteiger charge is 2.35. The van der Waals surface area contributed by atoms with Crippen LogP contribution in [0.1, 0.15) is 36.1 Å². The molecule has 1 aromatic carbocycles. The van der Waals surface area contributed by atoms with Crippen LogP contribution in [0.25, 0.3) is 0 Å². The lowest BCUT2D eigenvalue weighted by Gasteiger charge is -2.13. The van der Waals surface area contributed by atoms with Crippen LogP contribution in [-0.2, 0) is 21.1 Å². The quantitative estimate of drug-likeness (QED) is 0.844. The van der Waals surface area contributed by atoms with Crippen molar-refractivity contribution in [2.45, 2.75) is 31.4 Å². The smallest absolute Gasteiger partial charge is 0.216 e. The molecule has 116 valence electrons. The number of carbonyl (C=O) groups is 1. The fourth-order valence-corrected chi connectivity index (χ4v) is 4.56. The largest absolute Gasteiger partial charge is 0.356 e. The van der Waals surface area contributed by atoms with Crippen molar-refractivity contribution in [3.63, 3.8) is 0 Å². The van der Waals surface area contributed by atoms with Crippen LogP contribution in [0.2, 0.25) is 0 Å². The van der Waals surface area contributed by atoms with Gasteiger partial charge in [-0.3, -0.25) is 4.79 Å². The van der Waals surface area contributed by atoms with Crippen LogP contribution >= 0.6 is 0 Å². The zero-order valence-electron chi connectivity index (χ0n) is 11.7. The van der Waals surface area contributed by atoms with E-state index in [0.29, 0.717) is 12.0 Å². The molecule has 1 amide bonds. The molecule has 2 rings (SSSR count). The summed E-state index contributed by atoms with van der Waals surface area (Å²) < 4.78 is 51.5. The maximum atomic E-state index is 13.6. The summed E-state index contributed by atoms with van der Waals surface area (Å²) in [5.41, 5.74) is 0.541. The third-order valence-corrected chi connectivity index (χ3v) is 5.83. The molecule has 21 heavy (non-hydrogen) atoms. The van der Waals surface area contributed by atoms with E-state index in [0.717, 1.165) is 12.1 Å². The molecule has 1 aromatic rings. The first kappa shape index (κ1) is 15.9. The molecule has 0 bridgehead atoms. The minimum Gasteiger partial charge on any atom is -0.356 e. The summed E-state index contributed by atoms with van der Waals surface area (Å²) in [5.74, 6) is -1.77. The van der Waals surface area contributed by atoms with Gasteiger partial charge in [-0.15, -0.1) is 0 Å². The van der Waals surface area contributed by atoms with Gasteiger partial charge < -0.3 is 5.32 Å². The molecule has 1 N–H and O–H groups in total. The minimum absolute atomic E-state index is 0.116. The lowest BCUT2D eigenvalue weighted by atomic mass is 10.1. The Kier molecular flexibility index (Phi) is 4.61. The third-order valence-electron chi connectivity index (χ3n) is 3.61. The van der Waals surface area contributed by atoms with Crippen LogP contribution in [-0.4, -0.2) is 26.6 Å². The average molecular weight is 317 g/mol. The fraction of sp³-hybridized carbons (Fsp3) is 0.500. The van der Waals surface area contributed by atoms with E-state index in [1.807, 2.05) is 0 Å². The van der Waals surface area contributed by atoms with Crippen molar-refractivity contribution < 1.29 is 22.0 Å². The second kappa shape index (κ2) is 6.09. The Morgan fingerprint density at radius 3 is 2.76 bits per heavy atom. The minimum atomic E-state index is -3.49. The Labute approximate surface area is 122 Å². The molecule has 0 aromatic heterocycles. The van der Waals surface area contributed by atoms with Gasteiger partial charge in [-0.25, -0.2) is 17.2 Å². The topological polar surface area (TPSA) is 63.2 Å². The molecule has 0 unspecified atom stereocenters. The van der Waals surface area contributed by atoms with Gasteiger partial charge in [0, 0.05) is 19.5 Å². The van der Waals surface area contributed by atoms with Gasteiger partial charge in [0.2, 0.25) is 5.91 Å². The lowest BCUT2D eigenvalue weighted by molar-refractivity contribution is -0.118. The zero-order chi connectivity index (χ0) is 15.6. The molecule has 0 spiro atoms. The summed E-state index contributed by atoms with van der Waals surface area (Å²) in [7, 11) is -3.49. The molecule has 0 radical (unpaired) electrons. The van der Waals surface area contributed by atoms with E-state index in [1.54, 1.807) is 0 Å². The zero-order valence-corrected chi connectivity index (χ0v) is 12.5. The summed E-state index contributed by atoms with van der Waals surface area (Å²) in [4.78, 5) is 10.7. The monoisotopic (exact) mass is 317 g/mol. The molecular formula is C14H17F2NO3S. The first-order chi connectivity index (χ1) is 9.81. The molecule has 0 saturated heterocycles. The van der Waals surface area contributed by atoms with Crippen molar-refractivity contribution >= 4 is 15.7 Å². The van der Waals surface area contributed by atoms with Crippen LogP contribution in [0.4, 0.5) is 8.78 Å². The number of halogens is 2. The number of amides is 1. The van der Waals surface area contributed by atoms with Gasteiger partial charge in [-0.1, -0.05) is 0 Å². The van der Waals surface area contributed by atoms with Crippen molar-refractivity contribution in [1.82, 2.24) is 5.32 Å². The highest BCUT2D eigenvalue weighted by atomic mass is 32.2. The van der Waals surface area contributed by atoms with Gasteiger partial charge in [0.05, 0.1) is 11.0 Å². The second-order valence-corrected chi connectivity index (χ2v) is 7.49. The SMILES string of the molecule is CC(=O)NCCCS(=O)(=O)[C@H]1CCc2c(F)cc(F)cc21. The van der Waals surface area contributed by atoms with Crippen molar-refractivity contribution in [3.05, 3.63) is 34.9 Å². The Morgan fingerprint density at radius 2 is 2.10 bits per heavy atom. The molecule has 0 fully saturated rings. The Morgan fingerprint density at radius 1 is 1.38 bits per heavy atom. The summed E-state index contributed by atoms with van der Waals surface area (Å²) in [6, 6.07) is 1.89. The first-order valence-corrected chi connectivity index (χ1v) is 8.46. The summed E-state index contributed by atoms with van der Waals surface area (Å²) in [5, 5.41) is 1.67. The number of hydrogen-bond acceptors (Lipinski definition) is 3. The van der Waals surface area contributed by atoms with E-state index < -0.39 is 26.7 Å². The normalized spacial score (nSPS) is 17.6. The maximum absolute atomic E-state index is 13.6. The predicted molar refractivity (Wildman–Crippen MR) is 74.5 cm³/mol. The molecule has 0 aliphatic heterocycles. The summed E-state index contributed by atoms with van der Waals surface area (Å²) in [6.07, 6.45) is 0.862. The van der Waals surface area contributed by atoms with Crippen LogP contribution in [0.3, 0.4) is 0 Å². The number of hydrogen-bond donors (Lipinski definition) is 1. The highest BCUT2D eigenvalue weighted by molar-refractivity contribution is 7.91. The van der Waals surface area contributed by atoms with Crippen LogP contribution in [0.15, 0.2) is 12.1 Å². The van der Waals surface area contributed by atoms with Gasteiger partial charge in [0.25, 0.3) is 0 Å². The number of nitrogens with one attached hydrogen (secondary N) is 1. The van der Waals surface area contributed by atoms with E-state index in [9.17, 15) is 22.0 Å². The molecule has 1 aliphatic carbocycles. The number of fused-ring (bicyclic) bond motifs is 1. The molecule has 1 aliphatic rings. The molecule has 4 nitrogen and oxygen atoms in total. The maximum Gasteiger partial charge on any atom is 0.216 e. The van der Waals surface area contributed by atoms with Crippen LogP contribution < -0.4 is 5.32 Å². The molecular weight excluding hydrogens is 300 g/mol. The van der Waals surface area contributed by atoms with Gasteiger partial charge >= 0.3 is 0 Å². The van der Waals surface area contributed by atoms with Crippen molar-refractivity contribution in [3.8, 4) is 0 Å². The van der Waals surface area contributed by atoms with E-state index in [1.165, 1.54) is 6.92 Å². The van der Waals surface area contributed by atoms with E-state index >= 15 is 0 Å². The standard InChI is InChI=1S/C14H17F2NO3S/c1-9(18)17-5-2-6-21(19,20)14-4-3-11-12(14)7-10(15)8-13(11)16/h7-8,14H,2-6H2,1H3,(H,17,18)/t14-/m0/s1. The predicted octanol–water partition coefficient (Wildman–Crippen LogP) is 1.89. The molecule has 0 heterocycles. The average Bonchev–Trinajstić information content (AvgIpc) is 2.79. The van der Waals surface area contributed by atoms with Gasteiger partial charge in [-0.2, -0.15) is 0 Å². The summed E-state index contributed by atoms with van der Waals surface area (Å²) in [6.45, 7) is 1.62. The number of carbonyl (C=O) groups excluding carboxylic acids is 1. The van der Waals surface area contributed by atoms with Gasteiger partial charge in [0.15, 0.2) is 9.84 Å². The lowest BCUT2D eigenvalue weighted by Crippen LogP contribution is -2.24. The van der Waals surface area contributed by atoms with Crippen molar-refractivity contribution in [2.75, 3.05) is 12.3 Å². The third kappa shape index (κ3) is 3.58. The fourth-order valence-electron chi connectivity index (χ4n) is 2.66. The molecule has 7 heteroatoms. The van der Waals surface area contributed by atoms with Crippen LogP contribution in [0.5, 0.6) is 0 Å². The Bertz CT molecular complexity index is 658. The second-order valence-electron chi connectivity index (χ2n) is 5.19. The first-order valence-electron chi connectivity index (χ1n) is 6.75.